The molecule has 0 saturated carbocycles. The second-order valence-corrected chi connectivity index (χ2v) is 5.93. The van der Waals surface area contributed by atoms with E-state index in [9.17, 15) is 13.2 Å². The molecule has 1 N–H and O–H groups in total. The highest BCUT2D eigenvalue weighted by Crippen LogP contribution is 2.13. The van der Waals surface area contributed by atoms with Crippen LogP contribution in [0, 0.1) is 11.3 Å². The van der Waals surface area contributed by atoms with Gasteiger partial charge in [0.2, 0.25) is 10.0 Å². The Hall–Kier alpha value is -2.63. The first kappa shape index (κ1) is 15.8. The number of nitrogens with zero attached hydrogens (tertiary/aromatic N) is 1. The fourth-order valence-electron chi connectivity index (χ4n) is 1.63. The molecular weight excluding hydrogens is 308 g/mol. The SMILES string of the molecule is N#CCOC(=O)c1cccc(S(=O)(=O)NCc2ccco2)c1. The normalized spacial score (nSPS) is 10.9. The van der Waals surface area contributed by atoms with Crippen molar-refractivity contribution in [1.82, 2.24) is 4.72 Å². The van der Waals surface area contributed by atoms with E-state index in [4.69, 9.17) is 9.68 Å². The number of ether oxygens (including phenoxy) is 1. The molecule has 2 aromatic rings. The fraction of sp³-hybridized carbons (Fsp3) is 0.143. The van der Waals surface area contributed by atoms with Crippen LogP contribution in [0.4, 0.5) is 0 Å². The van der Waals surface area contributed by atoms with Gasteiger partial charge in [-0.2, -0.15) is 5.26 Å². The Bertz CT molecular complexity index is 791. The molecule has 0 atom stereocenters. The van der Waals surface area contributed by atoms with Crippen molar-refractivity contribution in [3.63, 3.8) is 0 Å². The Morgan fingerprint density at radius 3 is 2.82 bits per heavy atom. The molecule has 0 radical (unpaired) electrons. The van der Waals surface area contributed by atoms with E-state index in [-0.39, 0.29) is 17.0 Å². The minimum Gasteiger partial charge on any atom is -0.468 e. The Morgan fingerprint density at radius 2 is 2.14 bits per heavy atom. The third-order valence-electron chi connectivity index (χ3n) is 2.66. The van der Waals surface area contributed by atoms with Crippen molar-refractivity contribution >= 4 is 16.0 Å². The average molecular weight is 320 g/mol. The van der Waals surface area contributed by atoms with Crippen LogP contribution >= 0.6 is 0 Å². The van der Waals surface area contributed by atoms with Crippen LogP contribution in [0.5, 0.6) is 0 Å². The van der Waals surface area contributed by atoms with Crippen molar-refractivity contribution in [3.8, 4) is 6.07 Å². The number of hydrogen-bond acceptors (Lipinski definition) is 6. The molecule has 0 amide bonds. The quantitative estimate of drug-likeness (QED) is 0.806. The third-order valence-corrected chi connectivity index (χ3v) is 4.06. The van der Waals surface area contributed by atoms with E-state index in [1.165, 1.54) is 30.5 Å². The number of carbonyl (C=O) groups is 1. The molecular formula is C14H12N2O5S. The minimum absolute atomic E-state index is 0.00155. The van der Waals surface area contributed by atoms with E-state index < -0.39 is 22.6 Å². The molecule has 0 aliphatic rings. The second-order valence-electron chi connectivity index (χ2n) is 4.17. The molecule has 0 unspecified atom stereocenters. The summed E-state index contributed by atoms with van der Waals surface area (Å²) in [6, 6.07) is 10.3. The molecule has 1 heterocycles. The first-order chi connectivity index (χ1) is 10.5. The summed E-state index contributed by atoms with van der Waals surface area (Å²) in [6.45, 7) is -0.398. The molecule has 0 bridgehead atoms. The first-order valence-electron chi connectivity index (χ1n) is 6.19. The summed E-state index contributed by atoms with van der Waals surface area (Å²) in [5.41, 5.74) is 0.0520. The maximum Gasteiger partial charge on any atom is 0.339 e. The number of hydrogen-bond donors (Lipinski definition) is 1. The molecule has 0 spiro atoms. The molecule has 8 heteroatoms. The van der Waals surface area contributed by atoms with Crippen molar-refractivity contribution < 1.29 is 22.4 Å². The largest absolute Gasteiger partial charge is 0.468 e. The summed E-state index contributed by atoms with van der Waals surface area (Å²) in [6.07, 6.45) is 1.44. The Labute approximate surface area is 127 Å². The van der Waals surface area contributed by atoms with Gasteiger partial charge in [-0.05, 0) is 30.3 Å². The minimum atomic E-state index is -3.80. The van der Waals surface area contributed by atoms with E-state index in [0.717, 1.165) is 0 Å². The van der Waals surface area contributed by atoms with Crippen molar-refractivity contribution in [2.75, 3.05) is 6.61 Å². The van der Waals surface area contributed by atoms with Crippen LogP contribution in [-0.4, -0.2) is 21.0 Å². The zero-order chi connectivity index (χ0) is 16.0. The van der Waals surface area contributed by atoms with Crippen LogP contribution in [0.2, 0.25) is 0 Å². The predicted octanol–water partition coefficient (Wildman–Crippen LogP) is 1.44. The monoisotopic (exact) mass is 320 g/mol. The van der Waals surface area contributed by atoms with Gasteiger partial charge in [0.1, 0.15) is 11.8 Å². The van der Waals surface area contributed by atoms with E-state index in [1.54, 1.807) is 18.2 Å². The lowest BCUT2D eigenvalue weighted by Gasteiger charge is -2.07. The Morgan fingerprint density at radius 1 is 1.32 bits per heavy atom. The number of esters is 1. The highest BCUT2D eigenvalue weighted by molar-refractivity contribution is 7.89. The zero-order valence-electron chi connectivity index (χ0n) is 11.4. The van der Waals surface area contributed by atoms with E-state index >= 15 is 0 Å². The maximum atomic E-state index is 12.2. The third kappa shape index (κ3) is 3.94. The van der Waals surface area contributed by atoms with Crippen LogP contribution in [0.25, 0.3) is 0 Å². The van der Waals surface area contributed by atoms with Gasteiger partial charge in [-0.3, -0.25) is 0 Å². The van der Waals surface area contributed by atoms with Crippen molar-refractivity contribution in [3.05, 3.63) is 54.0 Å². The summed E-state index contributed by atoms with van der Waals surface area (Å²) in [4.78, 5) is 11.5. The van der Waals surface area contributed by atoms with E-state index in [1.807, 2.05) is 0 Å². The Balaban J connectivity index is 2.13. The van der Waals surface area contributed by atoms with Crippen LogP contribution < -0.4 is 4.72 Å². The van der Waals surface area contributed by atoms with Gasteiger partial charge in [0.15, 0.2) is 6.61 Å². The van der Waals surface area contributed by atoms with Gasteiger partial charge < -0.3 is 9.15 Å². The highest BCUT2D eigenvalue weighted by atomic mass is 32.2. The molecule has 0 aliphatic carbocycles. The van der Waals surface area contributed by atoms with Gasteiger partial charge in [-0.1, -0.05) is 6.07 Å². The lowest BCUT2D eigenvalue weighted by molar-refractivity contribution is 0.0554. The van der Waals surface area contributed by atoms with Gasteiger partial charge in [0.25, 0.3) is 0 Å². The van der Waals surface area contributed by atoms with Crippen molar-refractivity contribution in [1.29, 1.82) is 5.26 Å². The van der Waals surface area contributed by atoms with Crippen LogP contribution in [0.1, 0.15) is 16.1 Å². The highest BCUT2D eigenvalue weighted by Gasteiger charge is 2.17. The standard InChI is InChI=1S/C14H12N2O5S/c15-6-8-21-14(17)11-3-1-5-13(9-11)22(18,19)16-10-12-4-2-7-20-12/h1-5,7,9,16H,8,10H2. The number of nitrogens with one attached hydrogen (secondary N) is 1. The summed E-state index contributed by atoms with van der Waals surface area (Å²) in [5, 5.41) is 8.36. The number of furan rings is 1. The molecule has 0 saturated heterocycles. The van der Waals surface area contributed by atoms with Gasteiger partial charge >= 0.3 is 5.97 Å². The van der Waals surface area contributed by atoms with Gasteiger partial charge in [0.05, 0.1) is 23.3 Å². The molecule has 1 aromatic carbocycles. The molecule has 0 fully saturated rings. The number of carbonyl (C=O) groups excluding carboxylic acids is 1. The lowest BCUT2D eigenvalue weighted by Crippen LogP contribution is -2.23. The first-order valence-corrected chi connectivity index (χ1v) is 7.67. The lowest BCUT2D eigenvalue weighted by atomic mass is 10.2. The van der Waals surface area contributed by atoms with E-state index in [2.05, 4.69) is 9.46 Å². The Kier molecular flexibility index (Phi) is 4.93. The molecule has 22 heavy (non-hydrogen) atoms. The number of rotatable bonds is 6. The van der Waals surface area contributed by atoms with E-state index in [0.29, 0.717) is 5.76 Å². The van der Waals surface area contributed by atoms with Crippen LogP contribution in [0.3, 0.4) is 0 Å². The fourth-order valence-corrected chi connectivity index (χ4v) is 2.67. The summed E-state index contributed by atoms with van der Waals surface area (Å²) >= 11 is 0. The topological polar surface area (TPSA) is 109 Å². The van der Waals surface area contributed by atoms with Crippen LogP contribution in [-0.2, 0) is 21.3 Å². The number of nitriles is 1. The van der Waals surface area contributed by atoms with Crippen LogP contribution in [0.15, 0.2) is 52.0 Å². The van der Waals surface area contributed by atoms with Gasteiger partial charge in [0, 0.05) is 0 Å². The average Bonchev–Trinajstić information content (AvgIpc) is 3.04. The number of benzene rings is 1. The summed E-state index contributed by atoms with van der Waals surface area (Å²) in [7, 11) is -3.80. The van der Waals surface area contributed by atoms with Gasteiger partial charge in [-0.25, -0.2) is 17.9 Å². The summed E-state index contributed by atoms with van der Waals surface area (Å²) in [5.74, 6) is -0.294. The van der Waals surface area contributed by atoms with Crippen molar-refractivity contribution in [2.45, 2.75) is 11.4 Å². The summed E-state index contributed by atoms with van der Waals surface area (Å²) < 4.78 is 36.4. The van der Waals surface area contributed by atoms with Gasteiger partial charge in [-0.15, -0.1) is 0 Å². The molecule has 1 aromatic heterocycles. The number of sulfonamides is 1. The second kappa shape index (κ2) is 6.89. The molecule has 0 aliphatic heterocycles. The zero-order valence-corrected chi connectivity index (χ0v) is 12.2. The molecule has 2 rings (SSSR count). The smallest absolute Gasteiger partial charge is 0.339 e. The predicted molar refractivity (Wildman–Crippen MR) is 75.1 cm³/mol. The maximum absolute atomic E-state index is 12.2. The molecule has 7 nitrogen and oxygen atoms in total. The molecule has 114 valence electrons. The van der Waals surface area contributed by atoms with Crippen molar-refractivity contribution in [2.24, 2.45) is 0 Å².